The molecular formula is C46H55FN4O14. The number of carboxylic acid groups (broad SMARTS) is 1. The highest BCUT2D eigenvalue weighted by molar-refractivity contribution is 6.01. The van der Waals surface area contributed by atoms with Gasteiger partial charge in [0.1, 0.15) is 22.9 Å². The second-order valence-corrected chi connectivity index (χ2v) is 18.9. The van der Waals surface area contributed by atoms with Crippen molar-refractivity contribution in [3.05, 3.63) is 57.7 Å². The first-order valence-corrected chi connectivity index (χ1v) is 22.1. The van der Waals surface area contributed by atoms with Gasteiger partial charge in [-0.2, -0.15) is 0 Å². The number of carboxylic acids is 1. The number of carbonyl (C=O) groups is 6. The maximum Gasteiger partial charge on any atom is 0.413 e. The molecule has 1 aromatic carbocycles. The zero-order valence-corrected chi connectivity index (χ0v) is 36.7. The molecule has 5 aliphatic carbocycles. The van der Waals surface area contributed by atoms with E-state index in [0.717, 1.165) is 24.5 Å². The van der Waals surface area contributed by atoms with Gasteiger partial charge in [0.25, 0.3) is 0 Å². The third-order valence-corrected chi connectivity index (χ3v) is 15.3. The zero-order valence-electron chi connectivity index (χ0n) is 36.7. The Balaban J connectivity index is 0.814. The fourth-order valence-corrected chi connectivity index (χ4v) is 11.9. The predicted molar refractivity (Wildman–Crippen MR) is 227 cm³/mol. The number of rotatable bonds is 12. The van der Waals surface area contributed by atoms with E-state index < -0.39 is 101 Å². The predicted octanol–water partition coefficient (Wildman–Crippen LogP) is 3.17. The molecule has 2 heterocycles. The molecule has 4 saturated carbocycles. The van der Waals surface area contributed by atoms with Crippen molar-refractivity contribution >= 4 is 52.2 Å². The number of aromatic nitrogens is 1. The number of nitrogens with zero attached hydrogens (tertiary/aromatic N) is 3. The number of ketones is 2. The number of allylic oxidation sites excluding steroid dienone is 4. The number of pyridine rings is 1. The van der Waals surface area contributed by atoms with E-state index in [9.17, 15) is 48.9 Å². The number of nitrogens with two attached hydrogens (primary N) is 1. The smallest absolute Gasteiger partial charge is 0.413 e. The number of piperazine rings is 1. The van der Waals surface area contributed by atoms with Gasteiger partial charge in [-0.15, -0.1) is 0 Å². The minimum absolute atomic E-state index is 0.0212. The van der Waals surface area contributed by atoms with Crippen molar-refractivity contribution in [2.45, 2.75) is 102 Å². The number of amides is 1. The highest BCUT2D eigenvalue weighted by Crippen LogP contribution is 2.67. The molecule has 1 aromatic heterocycles. The lowest BCUT2D eigenvalue weighted by atomic mass is 9.46. The number of ether oxygens (including phenoxy) is 4. The van der Waals surface area contributed by atoms with Gasteiger partial charge in [0, 0.05) is 54.7 Å². The summed E-state index contributed by atoms with van der Waals surface area (Å²) in [6.45, 7) is 4.16. The summed E-state index contributed by atoms with van der Waals surface area (Å²) < 4.78 is 38.6. The van der Waals surface area contributed by atoms with E-state index in [1.807, 2.05) is 13.0 Å². The Labute approximate surface area is 373 Å². The van der Waals surface area contributed by atoms with Crippen LogP contribution in [0.4, 0.5) is 14.9 Å². The molecule has 19 heteroatoms. The van der Waals surface area contributed by atoms with Crippen molar-refractivity contribution in [1.29, 1.82) is 0 Å². The van der Waals surface area contributed by atoms with E-state index in [4.69, 9.17) is 24.7 Å². The van der Waals surface area contributed by atoms with E-state index in [-0.39, 0.29) is 84.4 Å². The van der Waals surface area contributed by atoms with E-state index in [0.29, 0.717) is 19.3 Å². The van der Waals surface area contributed by atoms with Crippen LogP contribution in [0.1, 0.15) is 88.5 Å². The number of methoxy groups -OCH3 is 1. The lowest BCUT2D eigenvalue weighted by Crippen LogP contribution is -2.61. The van der Waals surface area contributed by atoms with Gasteiger partial charge in [-0.3, -0.25) is 24.0 Å². The Kier molecular flexibility index (Phi) is 12.0. The summed E-state index contributed by atoms with van der Waals surface area (Å²) in [7, 11) is 1.33. The van der Waals surface area contributed by atoms with Gasteiger partial charge >= 0.3 is 24.0 Å². The Morgan fingerprint density at radius 3 is 2.46 bits per heavy atom. The number of hydrogen-bond donors (Lipinski definition) is 4. The average molecular weight is 907 g/mol. The van der Waals surface area contributed by atoms with Crippen LogP contribution in [0.25, 0.3) is 10.9 Å². The number of anilines is 1. The van der Waals surface area contributed by atoms with Crippen LogP contribution in [0.3, 0.4) is 0 Å². The second-order valence-electron chi connectivity index (χ2n) is 18.9. The van der Waals surface area contributed by atoms with Crippen LogP contribution in [-0.2, 0) is 33.4 Å². The lowest BCUT2D eigenvalue weighted by molar-refractivity contribution is -0.181. The van der Waals surface area contributed by atoms with Crippen LogP contribution in [0, 0.1) is 34.4 Å². The summed E-state index contributed by atoms with van der Waals surface area (Å²) >= 11 is 0. The number of halogens is 1. The van der Waals surface area contributed by atoms with Gasteiger partial charge in [-0.25, -0.2) is 14.0 Å². The highest BCUT2D eigenvalue weighted by Gasteiger charge is 2.68. The Morgan fingerprint density at radius 2 is 1.78 bits per heavy atom. The van der Waals surface area contributed by atoms with Gasteiger partial charge in [-0.05, 0) is 81.9 Å². The lowest BCUT2D eigenvalue weighted by Gasteiger charge is -2.59. The van der Waals surface area contributed by atoms with Crippen LogP contribution in [-0.4, -0.2) is 124 Å². The first kappa shape index (κ1) is 45.9. The fraction of sp³-hybridized carbons (Fsp3) is 0.587. The quantitative estimate of drug-likeness (QED) is 0.176. The second kappa shape index (κ2) is 17.0. The number of aromatic carboxylic acids is 1. The molecule has 1 aliphatic heterocycles. The Bertz CT molecular complexity index is 2480. The molecule has 2 aromatic rings. The number of benzene rings is 1. The molecule has 65 heavy (non-hydrogen) atoms. The molecule has 0 radical (unpaired) electrons. The number of Topliss-reactive ketones (excluding diaryl/α,β-unsaturated/α-hetero) is 1. The van der Waals surface area contributed by atoms with Crippen molar-refractivity contribution < 1.29 is 67.4 Å². The molecule has 6 aliphatic rings. The molecule has 0 bridgehead atoms. The maximum absolute atomic E-state index is 15.9. The first-order chi connectivity index (χ1) is 30.7. The molecular weight excluding hydrogens is 852 g/mol. The van der Waals surface area contributed by atoms with Crippen molar-refractivity contribution in [3.63, 3.8) is 0 Å². The zero-order chi connectivity index (χ0) is 46.9. The summed E-state index contributed by atoms with van der Waals surface area (Å²) in [6.07, 6.45) is 7.56. The van der Waals surface area contributed by atoms with Crippen molar-refractivity contribution in [1.82, 2.24) is 9.47 Å². The number of carbonyl (C=O) groups excluding carboxylic acids is 5. The van der Waals surface area contributed by atoms with Crippen LogP contribution in [0.15, 0.2) is 40.9 Å². The average Bonchev–Trinajstić information content (AvgIpc) is 4.06. The van der Waals surface area contributed by atoms with Gasteiger partial charge < -0.3 is 54.4 Å². The summed E-state index contributed by atoms with van der Waals surface area (Å²) in [4.78, 5) is 92.3. The van der Waals surface area contributed by atoms with E-state index in [2.05, 4.69) is 0 Å². The molecule has 18 nitrogen and oxygen atoms in total. The molecule has 9 atom stereocenters. The van der Waals surface area contributed by atoms with Crippen molar-refractivity contribution in [2.75, 3.05) is 45.0 Å². The minimum atomic E-state index is -1.90. The summed E-state index contributed by atoms with van der Waals surface area (Å²) in [6, 6.07) is -1.18. The van der Waals surface area contributed by atoms with Crippen LogP contribution >= 0.6 is 0 Å². The van der Waals surface area contributed by atoms with Crippen LogP contribution in [0.2, 0.25) is 0 Å². The maximum atomic E-state index is 15.9. The van der Waals surface area contributed by atoms with Crippen molar-refractivity contribution in [2.24, 2.45) is 34.3 Å². The topological polar surface area (TPSA) is 255 Å². The summed E-state index contributed by atoms with van der Waals surface area (Å²) in [5.41, 5.74) is 2.49. The largest absolute Gasteiger partial charge is 0.492 e. The number of hydrogen-bond acceptors (Lipinski definition) is 15. The van der Waals surface area contributed by atoms with Crippen LogP contribution in [0.5, 0.6) is 5.75 Å². The van der Waals surface area contributed by atoms with E-state index in [1.54, 1.807) is 29.4 Å². The molecule has 1 saturated heterocycles. The standard InChI is InChI=1S/C46H55FN4O14/c1-23-19-49(38-31(47)16-28-37(40(38)62-4)51(25-6-7-25)20-29(39(28)56)41(57)58)13-14-50(23)43(60)65-22-64-35(55)17-32(48)42(59)63-21-34(54)46(61)12-10-30-27-8-5-24-15-26(52)9-11-44(24,2)36(27)33(53)18-45(30,46)3/h9,11,15-16,20,23,25,27,30,32-33,36,53,61H,5-8,10,12-14,17-19,21-22,48H2,1-4H3,(H,57,58)/t23?,27?,30?,32?,33-,36?,44-,45-,46-/m0/s1. The first-order valence-electron chi connectivity index (χ1n) is 22.1. The van der Waals surface area contributed by atoms with Gasteiger partial charge in [0.2, 0.25) is 18.0 Å². The van der Waals surface area contributed by atoms with E-state index in [1.165, 1.54) is 24.3 Å². The highest BCUT2D eigenvalue weighted by atomic mass is 19.1. The molecule has 0 spiro atoms. The van der Waals surface area contributed by atoms with Crippen LogP contribution < -0.4 is 20.8 Å². The van der Waals surface area contributed by atoms with Gasteiger partial charge in [0.15, 0.2) is 24.0 Å². The molecule has 5 fully saturated rings. The SMILES string of the molecule is COc1c(N2CCN(C(=O)OCOC(=O)CC(N)C(=O)OCC(=O)[C@@]3(O)CCC4C5CCC6=CC(=O)C=C[C@]6(C)C5[C@@H](O)C[C@@]43C)C(C)C2)c(F)cc2c(=O)c(C(=O)O)cn(C3CC3)c12. The number of aliphatic hydroxyl groups is 2. The third-order valence-electron chi connectivity index (χ3n) is 15.3. The molecule has 5 N–H and O–H groups in total. The monoisotopic (exact) mass is 906 g/mol. The number of aliphatic hydroxyl groups excluding tert-OH is 1. The summed E-state index contributed by atoms with van der Waals surface area (Å²) in [5.74, 6) is -5.40. The van der Waals surface area contributed by atoms with Gasteiger partial charge in [0.05, 0.1) is 30.5 Å². The van der Waals surface area contributed by atoms with Crippen molar-refractivity contribution in [3.8, 4) is 5.75 Å². The molecule has 5 unspecified atom stereocenters. The molecule has 350 valence electrons. The molecule has 8 rings (SSSR count). The number of esters is 2. The summed E-state index contributed by atoms with van der Waals surface area (Å²) in [5, 5.41) is 33.1. The normalized spacial score (nSPS) is 31.0. The Morgan fingerprint density at radius 1 is 1.05 bits per heavy atom. The number of fused-ring (bicyclic) bond motifs is 6. The van der Waals surface area contributed by atoms with E-state index >= 15 is 4.39 Å². The third kappa shape index (κ3) is 7.77. The minimum Gasteiger partial charge on any atom is -0.492 e. The van der Waals surface area contributed by atoms with Gasteiger partial charge in [-0.1, -0.05) is 25.5 Å². The fourth-order valence-electron chi connectivity index (χ4n) is 11.9. The Hall–Kier alpha value is -5.66. The molecule has 1 amide bonds.